The summed E-state index contributed by atoms with van der Waals surface area (Å²) in [6, 6.07) is 20.9. The number of carbonyl (C=O) groups is 1. The predicted molar refractivity (Wildman–Crippen MR) is 130 cm³/mol. The van der Waals surface area contributed by atoms with E-state index >= 15 is 0 Å². The highest BCUT2D eigenvalue weighted by Gasteiger charge is 2.11. The van der Waals surface area contributed by atoms with Gasteiger partial charge in [0.05, 0.1) is 19.4 Å². The fraction of sp³-hybridized carbons (Fsp3) is 0.259. The van der Waals surface area contributed by atoms with Gasteiger partial charge < -0.3 is 14.2 Å². The number of benzene rings is 3. The standard InChI is InChI=1S/C27H30N2O4/c1-4-15-32-25-14-13-23(17-26(25)31-5-2)27(30)29-28-18-22-7-6-8-24(16-22)33-19-21-11-9-20(3)10-12-21/h6-14,16-18H,4-5,15,19H2,1-3H3,(H,29,30)/b28-18+. The van der Waals surface area contributed by atoms with E-state index in [0.717, 1.165) is 23.3 Å². The maximum Gasteiger partial charge on any atom is 0.271 e. The lowest BCUT2D eigenvalue weighted by Crippen LogP contribution is -2.17. The van der Waals surface area contributed by atoms with E-state index in [1.165, 1.54) is 5.56 Å². The van der Waals surface area contributed by atoms with E-state index in [2.05, 4.69) is 41.7 Å². The zero-order valence-electron chi connectivity index (χ0n) is 19.3. The van der Waals surface area contributed by atoms with E-state index in [-0.39, 0.29) is 5.91 Å². The molecule has 3 rings (SSSR count). The first-order chi connectivity index (χ1) is 16.1. The number of ether oxygens (including phenoxy) is 3. The summed E-state index contributed by atoms with van der Waals surface area (Å²) in [6.07, 6.45) is 2.47. The van der Waals surface area contributed by atoms with Crippen molar-refractivity contribution in [3.63, 3.8) is 0 Å². The molecule has 0 unspecified atom stereocenters. The number of nitrogens with zero attached hydrogens (tertiary/aromatic N) is 1. The average molecular weight is 447 g/mol. The molecule has 0 aliphatic heterocycles. The Kier molecular flexibility index (Phi) is 8.88. The minimum atomic E-state index is -0.332. The van der Waals surface area contributed by atoms with E-state index in [9.17, 15) is 4.79 Å². The number of nitrogens with one attached hydrogen (secondary N) is 1. The van der Waals surface area contributed by atoms with E-state index in [4.69, 9.17) is 14.2 Å². The van der Waals surface area contributed by atoms with Crippen molar-refractivity contribution in [1.29, 1.82) is 0 Å². The predicted octanol–water partition coefficient (Wildman–Crippen LogP) is 5.53. The fourth-order valence-electron chi connectivity index (χ4n) is 3.01. The van der Waals surface area contributed by atoms with Crippen molar-refractivity contribution in [2.24, 2.45) is 5.10 Å². The topological polar surface area (TPSA) is 69.2 Å². The molecule has 0 aromatic heterocycles. The number of hydrazone groups is 1. The van der Waals surface area contributed by atoms with Crippen molar-refractivity contribution in [3.8, 4) is 17.2 Å². The highest BCUT2D eigenvalue weighted by Crippen LogP contribution is 2.28. The van der Waals surface area contributed by atoms with Crippen molar-refractivity contribution in [2.75, 3.05) is 13.2 Å². The summed E-state index contributed by atoms with van der Waals surface area (Å²) >= 11 is 0. The molecular formula is C27H30N2O4. The van der Waals surface area contributed by atoms with Crippen LogP contribution in [0.15, 0.2) is 71.8 Å². The van der Waals surface area contributed by atoms with Gasteiger partial charge in [0.25, 0.3) is 5.91 Å². The molecule has 172 valence electrons. The molecule has 0 aliphatic carbocycles. The molecule has 0 aliphatic rings. The molecule has 33 heavy (non-hydrogen) atoms. The van der Waals surface area contributed by atoms with Gasteiger partial charge in [-0.1, -0.05) is 48.9 Å². The maximum atomic E-state index is 12.5. The summed E-state index contributed by atoms with van der Waals surface area (Å²) < 4.78 is 17.2. The van der Waals surface area contributed by atoms with Crippen LogP contribution < -0.4 is 19.6 Å². The largest absolute Gasteiger partial charge is 0.490 e. The summed E-state index contributed by atoms with van der Waals surface area (Å²) in [5, 5.41) is 4.08. The van der Waals surface area contributed by atoms with E-state index < -0.39 is 0 Å². The Morgan fingerprint density at radius 3 is 2.52 bits per heavy atom. The van der Waals surface area contributed by atoms with Crippen LogP contribution in [0.25, 0.3) is 0 Å². The number of rotatable bonds is 11. The molecule has 6 nitrogen and oxygen atoms in total. The molecule has 0 saturated heterocycles. The van der Waals surface area contributed by atoms with Crippen molar-refractivity contribution in [3.05, 3.63) is 89.0 Å². The molecule has 0 radical (unpaired) electrons. The summed E-state index contributed by atoms with van der Waals surface area (Å²) in [5.74, 6) is 1.57. The van der Waals surface area contributed by atoms with Crippen LogP contribution in [-0.2, 0) is 6.61 Å². The van der Waals surface area contributed by atoms with E-state index in [0.29, 0.717) is 36.9 Å². The highest BCUT2D eigenvalue weighted by molar-refractivity contribution is 5.95. The SMILES string of the molecule is CCCOc1ccc(C(=O)N/N=C/c2cccc(OCc3ccc(C)cc3)c2)cc1OCC. The van der Waals surface area contributed by atoms with Crippen LogP contribution in [0.4, 0.5) is 0 Å². The first kappa shape index (κ1) is 23.9. The van der Waals surface area contributed by atoms with Gasteiger partial charge in [-0.3, -0.25) is 4.79 Å². The Balaban J connectivity index is 1.59. The molecular weight excluding hydrogens is 416 g/mol. The van der Waals surface area contributed by atoms with Crippen molar-refractivity contribution < 1.29 is 19.0 Å². The van der Waals surface area contributed by atoms with Crippen LogP contribution in [0.5, 0.6) is 17.2 Å². The third kappa shape index (κ3) is 7.38. The van der Waals surface area contributed by atoms with Crippen LogP contribution in [0.1, 0.15) is 47.3 Å². The Labute approximate surface area is 195 Å². The van der Waals surface area contributed by atoms with Crippen molar-refractivity contribution in [2.45, 2.75) is 33.8 Å². The molecule has 0 saturated carbocycles. The zero-order valence-corrected chi connectivity index (χ0v) is 19.3. The first-order valence-electron chi connectivity index (χ1n) is 11.1. The number of hydrogen-bond acceptors (Lipinski definition) is 5. The fourth-order valence-corrected chi connectivity index (χ4v) is 3.01. The normalized spacial score (nSPS) is 10.8. The van der Waals surface area contributed by atoms with Gasteiger partial charge in [-0.2, -0.15) is 5.10 Å². The number of hydrogen-bond donors (Lipinski definition) is 1. The molecule has 0 bridgehead atoms. The number of aryl methyl sites for hydroxylation is 1. The summed E-state index contributed by atoms with van der Waals surface area (Å²) in [7, 11) is 0. The molecule has 0 spiro atoms. The molecule has 0 atom stereocenters. The highest BCUT2D eigenvalue weighted by atomic mass is 16.5. The molecule has 0 fully saturated rings. The molecule has 6 heteroatoms. The minimum absolute atomic E-state index is 0.332. The Hall–Kier alpha value is -3.80. The van der Waals surface area contributed by atoms with Gasteiger partial charge in [0.2, 0.25) is 0 Å². The summed E-state index contributed by atoms with van der Waals surface area (Å²) in [6.45, 7) is 7.53. The monoisotopic (exact) mass is 446 g/mol. The third-order valence-corrected chi connectivity index (χ3v) is 4.73. The Bertz CT molecular complexity index is 1080. The number of carbonyl (C=O) groups excluding carboxylic acids is 1. The van der Waals surface area contributed by atoms with Gasteiger partial charge in [0, 0.05) is 5.56 Å². The van der Waals surface area contributed by atoms with Gasteiger partial charge in [-0.15, -0.1) is 0 Å². The quantitative estimate of drug-likeness (QED) is 0.311. The van der Waals surface area contributed by atoms with Crippen LogP contribution in [0.3, 0.4) is 0 Å². The van der Waals surface area contributed by atoms with Crippen LogP contribution in [0.2, 0.25) is 0 Å². The molecule has 1 amide bonds. The molecule has 0 heterocycles. The van der Waals surface area contributed by atoms with Crippen LogP contribution in [0, 0.1) is 6.92 Å². The second-order valence-electron chi connectivity index (χ2n) is 7.49. The average Bonchev–Trinajstić information content (AvgIpc) is 2.83. The summed E-state index contributed by atoms with van der Waals surface area (Å²) in [5.41, 5.74) is 6.13. The second kappa shape index (κ2) is 12.3. The first-order valence-corrected chi connectivity index (χ1v) is 11.1. The van der Waals surface area contributed by atoms with Crippen molar-refractivity contribution >= 4 is 12.1 Å². The Morgan fingerprint density at radius 2 is 1.76 bits per heavy atom. The Morgan fingerprint density at radius 1 is 0.939 bits per heavy atom. The van der Waals surface area contributed by atoms with Gasteiger partial charge in [-0.05, 0) is 61.7 Å². The smallest absolute Gasteiger partial charge is 0.271 e. The third-order valence-electron chi connectivity index (χ3n) is 4.73. The second-order valence-corrected chi connectivity index (χ2v) is 7.49. The molecule has 3 aromatic rings. The lowest BCUT2D eigenvalue weighted by atomic mass is 10.2. The lowest BCUT2D eigenvalue weighted by Gasteiger charge is -2.12. The van der Waals surface area contributed by atoms with Gasteiger partial charge in [-0.25, -0.2) is 5.43 Å². The zero-order chi connectivity index (χ0) is 23.5. The van der Waals surface area contributed by atoms with Gasteiger partial charge in [0.15, 0.2) is 11.5 Å². The van der Waals surface area contributed by atoms with Gasteiger partial charge >= 0.3 is 0 Å². The lowest BCUT2D eigenvalue weighted by molar-refractivity contribution is 0.0954. The number of amides is 1. The van der Waals surface area contributed by atoms with E-state index in [1.54, 1.807) is 24.4 Å². The summed E-state index contributed by atoms with van der Waals surface area (Å²) in [4.78, 5) is 12.5. The van der Waals surface area contributed by atoms with Crippen LogP contribution in [-0.4, -0.2) is 25.3 Å². The molecule has 3 aromatic carbocycles. The van der Waals surface area contributed by atoms with Crippen LogP contribution >= 0.6 is 0 Å². The maximum absolute atomic E-state index is 12.5. The molecule has 1 N–H and O–H groups in total. The van der Waals surface area contributed by atoms with Gasteiger partial charge in [0.1, 0.15) is 12.4 Å². The minimum Gasteiger partial charge on any atom is -0.490 e. The van der Waals surface area contributed by atoms with Crippen molar-refractivity contribution in [1.82, 2.24) is 5.43 Å². The van der Waals surface area contributed by atoms with E-state index in [1.807, 2.05) is 38.1 Å².